The van der Waals surface area contributed by atoms with Gasteiger partial charge in [0.25, 0.3) is 0 Å². The number of thioether (sulfide) groups is 1. The normalized spacial score (nSPS) is 12.2. The van der Waals surface area contributed by atoms with Gasteiger partial charge in [0, 0.05) is 5.56 Å². The van der Waals surface area contributed by atoms with Gasteiger partial charge in [0.05, 0.1) is 17.5 Å². The molecule has 0 spiro atoms. The van der Waals surface area contributed by atoms with Crippen LogP contribution in [0.3, 0.4) is 0 Å². The minimum absolute atomic E-state index is 0.258. The monoisotopic (exact) mass is 271 g/mol. The van der Waals surface area contributed by atoms with Crippen LogP contribution in [0.4, 0.5) is 0 Å². The Bertz CT molecular complexity index is 637. The maximum Gasteiger partial charge on any atom is 0.231 e. The fraction of sp³-hybridized carbons (Fsp3) is 0.154. The summed E-state index contributed by atoms with van der Waals surface area (Å²) in [5.41, 5.74) is 1.69. The molecule has 0 saturated carbocycles. The fourth-order valence-corrected chi connectivity index (χ4v) is 2.19. The predicted molar refractivity (Wildman–Crippen MR) is 69.9 cm³/mol. The lowest BCUT2D eigenvalue weighted by Crippen LogP contribution is -1.93. The largest absolute Gasteiger partial charge is 0.454 e. The molecule has 0 amide bonds. The van der Waals surface area contributed by atoms with Gasteiger partial charge < -0.3 is 9.47 Å². The molecule has 2 heterocycles. The van der Waals surface area contributed by atoms with Gasteiger partial charge in [-0.1, -0.05) is 11.8 Å². The van der Waals surface area contributed by atoms with E-state index >= 15 is 0 Å². The maximum atomic E-state index is 8.51. The van der Waals surface area contributed by atoms with Crippen LogP contribution in [-0.4, -0.2) is 22.7 Å². The summed E-state index contributed by atoms with van der Waals surface area (Å²) in [6.45, 7) is 0.258. The third-order valence-electron chi connectivity index (χ3n) is 2.59. The first-order valence-electron chi connectivity index (χ1n) is 5.60. The number of benzene rings is 1. The van der Waals surface area contributed by atoms with E-state index < -0.39 is 0 Å². The predicted octanol–water partition coefficient (Wildman–Crippen LogP) is 2.49. The average molecular weight is 271 g/mol. The standard InChI is InChI=1S/C13H9N3O2S/c14-5-6-19-13-4-2-10(15-16-13)9-1-3-11-12(7-9)18-8-17-11/h1-4,7H,6,8H2. The first-order chi connectivity index (χ1) is 9.36. The molecule has 0 fully saturated rings. The molecule has 2 aromatic rings. The van der Waals surface area contributed by atoms with E-state index in [-0.39, 0.29) is 6.79 Å². The zero-order chi connectivity index (χ0) is 13.1. The Kier molecular flexibility index (Phi) is 3.21. The van der Waals surface area contributed by atoms with Gasteiger partial charge in [0.2, 0.25) is 6.79 Å². The molecule has 1 aliphatic rings. The van der Waals surface area contributed by atoms with Gasteiger partial charge >= 0.3 is 0 Å². The quantitative estimate of drug-likeness (QED) is 0.799. The molecule has 94 valence electrons. The van der Waals surface area contributed by atoms with Crippen LogP contribution in [-0.2, 0) is 0 Å². The Morgan fingerprint density at radius 3 is 2.84 bits per heavy atom. The lowest BCUT2D eigenvalue weighted by molar-refractivity contribution is 0.174. The molecule has 5 nitrogen and oxygen atoms in total. The summed E-state index contributed by atoms with van der Waals surface area (Å²) in [6.07, 6.45) is 0. The second-order valence-corrected chi connectivity index (χ2v) is 4.77. The van der Waals surface area contributed by atoms with Crippen molar-refractivity contribution in [3.63, 3.8) is 0 Å². The molecular weight excluding hydrogens is 262 g/mol. The van der Waals surface area contributed by atoms with Crippen molar-refractivity contribution >= 4 is 11.8 Å². The number of aromatic nitrogens is 2. The van der Waals surface area contributed by atoms with Crippen molar-refractivity contribution in [2.24, 2.45) is 0 Å². The van der Waals surface area contributed by atoms with Crippen molar-refractivity contribution in [2.75, 3.05) is 12.5 Å². The summed E-state index contributed by atoms with van der Waals surface area (Å²) < 4.78 is 10.6. The summed E-state index contributed by atoms with van der Waals surface area (Å²) in [4.78, 5) is 0. The number of fused-ring (bicyclic) bond motifs is 1. The van der Waals surface area contributed by atoms with E-state index in [0.29, 0.717) is 5.75 Å². The molecule has 0 aliphatic carbocycles. The minimum Gasteiger partial charge on any atom is -0.454 e. The first-order valence-corrected chi connectivity index (χ1v) is 6.59. The molecule has 6 heteroatoms. The number of nitrogens with zero attached hydrogens (tertiary/aromatic N) is 3. The highest BCUT2D eigenvalue weighted by molar-refractivity contribution is 7.99. The smallest absolute Gasteiger partial charge is 0.231 e. The number of hydrogen-bond acceptors (Lipinski definition) is 6. The van der Waals surface area contributed by atoms with E-state index in [4.69, 9.17) is 14.7 Å². The fourth-order valence-electron chi connectivity index (χ4n) is 1.71. The van der Waals surface area contributed by atoms with Gasteiger partial charge in [0.1, 0.15) is 5.03 Å². The van der Waals surface area contributed by atoms with E-state index in [1.165, 1.54) is 11.8 Å². The van der Waals surface area contributed by atoms with E-state index in [9.17, 15) is 0 Å². The van der Waals surface area contributed by atoms with Crippen LogP contribution < -0.4 is 9.47 Å². The van der Waals surface area contributed by atoms with Crippen molar-refractivity contribution in [2.45, 2.75) is 5.03 Å². The summed E-state index contributed by atoms with van der Waals surface area (Å²) in [7, 11) is 0. The highest BCUT2D eigenvalue weighted by Gasteiger charge is 2.14. The highest BCUT2D eigenvalue weighted by Crippen LogP contribution is 2.35. The summed E-state index contributed by atoms with van der Waals surface area (Å²) in [5.74, 6) is 1.85. The van der Waals surface area contributed by atoms with E-state index in [1.807, 2.05) is 30.3 Å². The van der Waals surface area contributed by atoms with Crippen LogP contribution >= 0.6 is 11.8 Å². The van der Waals surface area contributed by atoms with Gasteiger partial charge in [-0.25, -0.2) is 0 Å². The Balaban J connectivity index is 1.84. The maximum absolute atomic E-state index is 8.51. The van der Waals surface area contributed by atoms with E-state index in [1.54, 1.807) is 0 Å². The second kappa shape index (κ2) is 5.16. The van der Waals surface area contributed by atoms with Crippen LogP contribution in [0.2, 0.25) is 0 Å². The third kappa shape index (κ3) is 2.46. The molecule has 1 aliphatic heterocycles. The molecule has 1 aromatic heterocycles. The summed E-state index contributed by atoms with van der Waals surface area (Å²) in [6, 6.07) is 11.4. The minimum atomic E-state index is 0.258. The highest BCUT2D eigenvalue weighted by atomic mass is 32.2. The number of ether oxygens (including phenoxy) is 2. The van der Waals surface area contributed by atoms with E-state index in [2.05, 4.69) is 16.3 Å². The molecule has 0 bridgehead atoms. The SMILES string of the molecule is N#CCSc1ccc(-c2ccc3c(c2)OCO3)nn1. The van der Waals surface area contributed by atoms with Gasteiger partial charge in [-0.05, 0) is 30.3 Å². The number of rotatable bonds is 3. The van der Waals surface area contributed by atoms with Crippen molar-refractivity contribution in [3.05, 3.63) is 30.3 Å². The van der Waals surface area contributed by atoms with Crippen LogP contribution in [0.15, 0.2) is 35.4 Å². The Morgan fingerprint density at radius 2 is 2.05 bits per heavy atom. The van der Waals surface area contributed by atoms with Crippen LogP contribution in [0, 0.1) is 11.3 Å². The third-order valence-corrected chi connectivity index (χ3v) is 3.38. The molecule has 1 aromatic carbocycles. The summed E-state index contributed by atoms with van der Waals surface area (Å²) >= 11 is 1.37. The molecule has 3 rings (SSSR count). The first kappa shape index (κ1) is 11.8. The average Bonchev–Trinajstić information content (AvgIpc) is 2.93. The lowest BCUT2D eigenvalue weighted by atomic mass is 10.1. The van der Waals surface area contributed by atoms with Crippen molar-refractivity contribution in [3.8, 4) is 28.8 Å². The topological polar surface area (TPSA) is 68.0 Å². The molecule has 0 saturated heterocycles. The van der Waals surface area contributed by atoms with Crippen LogP contribution in [0.5, 0.6) is 11.5 Å². The molecule has 0 radical (unpaired) electrons. The molecule has 19 heavy (non-hydrogen) atoms. The number of hydrogen-bond donors (Lipinski definition) is 0. The van der Waals surface area contributed by atoms with Crippen molar-refractivity contribution in [1.82, 2.24) is 10.2 Å². The van der Waals surface area contributed by atoms with Gasteiger partial charge in [0.15, 0.2) is 11.5 Å². The summed E-state index contributed by atoms with van der Waals surface area (Å²) in [5, 5.41) is 17.5. The Morgan fingerprint density at radius 1 is 1.16 bits per heavy atom. The Labute approximate surface area is 114 Å². The van der Waals surface area contributed by atoms with Crippen molar-refractivity contribution in [1.29, 1.82) is 5.26 Å². The number of nitriles is 1. The van der Waals surface area contributed by atoms with Gasteiger partial charge in [-0.2, -0.15) is 5.26 Å². The molecule has 0 unspecified atom stereocenters. The Hall–Kier alpha value is -2.26. The lowest BCUT2D eigenvalue weighted by Gasteiger charge is -2.02. The van der Waals surface area contributed by atoms with Gasteiger partial charge in [-0.3, -0.25) is 0 Å². The van der Waals surface area contributed by atoms with Crippen LogP contribution in [0.1, 0.15) is 0 Å². The molecule has 0 N–H and O–H groups in total. The zero-order valence-electron chi connectivity index (χ0n) is 9.87. The molecule has 0 atom stereocenters. The molecular formula is C13H9N3O2S. The van der Waals surface area contributed by atoms with Crippen LogP contribution in [0.25, 0.3) is 11.3 Å². The van der Waals surface area contributed by atoms with Crippen molar-refractivity contribution < 1.29 is 9.47 Å². The zero-order valence-corrected chi connectivity index (χ0v) is 10.7. The second-order valence-electron chi connectivity index (χ2n) is 3.77. The van der Waals surface area contributed by atoms with Gasteiger partial charge in [-0.15, -0.1) is 10.2 Å². The van der Waals surface area contributed by atoms with E-state index in [0.717, 1.165) is 27.8 Å².